The molecule has 21 rings (SSSR count). The minimum Gasteiger partial charge on any atom is -0.509 e. The monoisotopic (exact) mass is 1750 g/mol. The second-order valence-electron chi connectivity index (χ2n) is 29.0. The minimum atomic E-state index is -2.31. The molecule has 0 radical (unpaired) electrons. The Morgan fingerprint density at radius 3 is 1.09 bits per heavy atom. The summed E-state index contributed by atoms with van der Waals surface area (Å²) in [6.07, 6.45) is 8.92. The Morgan fingerprint density at radius 1 is 0.346 bits per heavy atom. The van der Waals surface area contributed by atoms with Crippen molar-refractivity contribution in [2.75, 3.05) is 29.4 Å². The first-order valence-corrected chi connectivity index (χ1v) is 36.7. The molecule has 528 valence electrons. The molecule has 9 nitrogen and oxygen atoms in total. The van der Waals surface area contributed by atoms with Gasteiger partial charge in [-0.25, -0.2) is 0 Å². The van der Waals surface area contributed by atoms with Gasteiger partial charge in [0, 0.05) is 87.5 Å². The maximum Gasteiger partial charge on any atom is 4.00 e. The van der Waals surface area contributed by atoms with E-state index in [0.717, 1.165) is 127 Å². The van der Waals surface area contributed by atoms with Crippen molar-refractivity contribution in [2.24, 2.45) is 0 Å². The number of rotatable bonds is 6. The summed E-state index contributed by atoms with van der Waals surface area (Å²) in [6, 6.07) is 98.3. The molecule has 0 unspecified atom stereocenters. The Bertz CT molecular complexity index is 5540. The molecular weight excluding hydrogens is 1670 g/mol. The van der Waals surface area contributed by atoms with Crippen molar-refractivity contribution in [3.8, 4) is 56.0 Å². The quantitative estimate of drug-likeness (QED) is 0.151. The van der Waals surface area contributed by atoms with Gasteiger partial charge in [0.25, 0.3) is 0 Å². The van der Waals surface area contributed by atoms with E-state index >= 15 is 0 Å². The molecule has 11 heteroatoms. The van der Waals surface area contributed by atoms with Gasteiger partial charge >= 0.3 is 42.1 Å². The Labute approximate surface area is 667 Å². The fraction of sp³-hybridized carbons (Fsp3) is 0.167. The van der Waals surface area contributed by atoms with E-state index < -0.39 is 25.0 Å². The van der Waals surface area contributed by atoms with Gasteiger partial charge in [-0.05, 0) is 173 Å². The Morgan fingerprint density at radius 2 is 0.692 bits per heavy atom. The first-order chi connectivity index (χ1) is 53.9. The van der Waals surface area contributed by atoms with Crippen LogP contribution in [0.1, 0.15) is 115 Å². The maximum absolute atomic E-state index is 8.50. The summed E-state index contributed by atoms with van der Waals surface area (Å²) in [6.45, 7) is 12.3. The first kappa shape index (κ1) is 61.8. The number of hydrogen-bond acceptors (Lipinski definition) is 9. The molecule has 8 bridgehead atoms. The molecule has 0 atom stereocenters. The minimum absolute atomic E-state index is 0. The molecular formula is C96H78N8OPt2. The van der Waals surface area contributed by atoms with Gasteiger partial charge in [-0.1, -0.05) is 157 Å². The predicted molar refractivity (Wildman–Crippen MR) is 425 cm³/mol. The van der Waals surface area contributed by atoms with Crippen LogP contribution in [0.5, 0.6) is 11.5 Å². The summed E-state index contributed by atoms with van der Waals surface area (Å²) < 4.78 is 57.4. The molecule has 9 aliphatic rings. The average Bonchev–Trinajstić information content (AvgIpc) is 1.52. The fourth-order valence-corrected chi connectivity index (χ4v) is 18.6. The first-order valence-electron chi connectivity index (χ1n) is 39.7. The number of hydrogen-bond donors (Lipinski definition) is 0. The number of para-hydroxylation sites is 4. The smallest absolute Gasteiger partial charge is 0.509 e. The van der Waals surface area contributed by atoms with Crippen LogP contribution in [0, 0.1) is 92.3 Å². The van der Waals surface area contributed by atoms with Crippen molar-refractivity contribution in [2.45, 2.75) is 104 Å². The number of anilines is 8. The zero-order chi connectivity index (χ0) is 75.4. The van der Waals surface area contributed by atoms with Crippen molar-refractivity contribution in [1.82, 2.24) is 9.80 Å². The zero-order valence-electron chi connectivity index (χ0n) is 65.7. The van der Waals surface area contributed by atoms with Crippen LogP contribution in [0.15, 0.2) is 265 Å². The summed E-state index contributed by atoms with van der Waals surface area (Å²) in [4.78, 5) is 19.1. The number of allylic oxidation sites excluding steroid dienone is 4. The molecule has 12 aromatic rings. The summed E-state index contributed by atoms with van der Waals surface area (Å²) >= 11 is 0. The van der Waals surface area contributed by atoms with Gasteiger partial charge in [-0.2, -0.15) is 48.5 Å². The van der Waals surface area contributed by atoms with Crippen LogP contribution < -0.4 is 34.1 Å². The van der Waals surface area contributed by atoms with Gasteiger partial charge in [0.2, 0.25) is 0 Å². The van der Waals surface area contributed by atoms with Gasteiger partial charge in [-0.3, -0.25) is 0 Å². The normalized spacial score (nSPS) is 17.9. The van der Waals surface area contributed by atoms with Crippen LogP contribution in [0.2, 0.25) is 0 Å². The number of nitrogens with zero attached hydrogens (tertiary/aromatic N) is 8. The van der Waals surface area contributed by atoms with E-state index in [4.69, 9.17) is 13.0 Å². The summed E-state index contributed by atoms with van der Waals surface area (Å²) in [7, 11) is 0. The van der Waals surface area contributed by atoms with Crippen LogP contribution in [0.25, 0.3) is 44.5 Å². The number of benzene rings is 12. The molecule has 0 amide bonds. The van der Waals surface area contributed by atoms with E-state index in [9.17, 15) is 0 Å². The van der Waals surface area contributed by atoms with Crippen LogP contribution in [0.3, 0.4) is 0 Å². The van der Waals surface area contributed by atoms with Crippen LogP contribution in [-0.4, -0.2) is 9.80 Å². The van der Waals surface area contributed by atoms with E-state index in [-0.39, 0.29) is 42.1 Å². The van der Waals surface area contributed by atoms with E-state index in [0.29, 0.717) is 33.8 Å². The Balaban J connectivity index is 0.000000167. The molecule has 0 aromatic heterocycles. The van der Waals surface area contributed by atoms with E-state index in [1.54, 1.807) is 12.1 Å². The number of aryl methyl sites for hydroxylation is 6. The molecule has 0 fully saturated rings. The standard InChI is InChI=1S/C57H46N4.C39H32N4O.2Pt/c1-37-29-39(3)55(40(4)30-37)43-17-15-19-45(33-43)58-35-60(53-27-13-11-25-51(53)58)57(49-23-9-7-21-47(49)48-22-8-10-24-50(48)57)61-36-59(52-26-12-14-28-54(52)61)46-20-16-18-44(34-46)56-41(5)31-38(2)32-42(56)6;1-3-17-33-31(15-1)32-16-2-4-18-34(32)39(33)42-25-40(35-19-5-7-21-37(35)42)27-11-9-13-29(23-27)44-30-14-10-12-28(24-30)41-26-43(39)38-22-8-6-20-36(38)41;;/h7-18,21-36H,1-6H3;1-4,9-18,25-26H,5-8,19-22H2;;/q2*-4;2*+4/i3D3,5D3;;;. The predicted octanol–water partition coefficient (Wildman–Crippen LogP) is 23.2. The molecule has 4 aliphatic carbocycles. The summed E-state index contributed by atoms with van der Waals surface area (Å²) in [5, 5.41) is 0. The largest absolute Gasteiger partial charge is 4.00 e. The molecule has 107 heavy (non-hydrogen) atoms. The average molecular weight is 1760 g/mol. The SMILES string of the molecule is [2H]C([2H])([2H])c1cc(C)cc(C)c1-c1cc[c-]c(N2[CH-]N(C3(N4[CH-]N(c5[c-]ccc(-c6c(C)cc(C)cc6C([2H])([2H])[2H])c5)c5ccccc54)c4ccccc4-c4ccccc43)c3ccccc32)c1.[Pt+4].[Pt+4].[c-]1c2cccc1N1[CH-]N(C3=C1CCCC3)C1(c3ccccc3-c3ccccc31)N1[CH-]N(C3=C1CCCC3)c1[c-]c(ccc1)O2. The van der Waals surface area contributed by atoms with E-state index in [1.807, 2.05) is 100 Å². The number of ether oxygens (including phenoxy) is 1. The fourth-order valence-electron chi connectivity index (χ4n) is 18.6. The van der Waals surface area contributed by atoms with Gasteiger partial charge in [-0.15, -0.1) is 109 Å². The van der Waals surface area contributed by atoms with Gasteiger partial charge < -0.3 is 43.9 Å². The van der Waals surface area contributed by atoms with Crippen molar-refractivity contribution < 1.29 is 55.1 Å². The molecule has 5 aliphatic heterocycles. The summed E-state index contributed by atoms with van der Waals surface area (Å²) in [5.74, 6) is 1.40. The molecule has 0 N–H and O–H groups in total. The van der Waals surface area contributed by atoms with Gasteiger partial charge in [0.05, 0.1) is 0 Å². The molecule has 5 heterocycles. The van der Waals surface area contributed by atoms with E-state index in [2.05, 4.69) is 248 Å². The third-order valence-electron chi connectivity index (χ3n) is 22.8. The Kier molecular flexibility index (Phi) is 15.5. The van der Waals surface area contributed by atoms with Gasteiger partial charge in [0.15, 0.2) is 0 Å². The van der Waals surface area contributed by atoms with Crippen LogP contribution >= 0.6 is 0 Å². The second-order valence-corrected chi connectivity index (χ2v) is 29.0. The van der Waals surface area contributed by atoms with Crippen LogP contribution in [0.4, 0.5) is 45.5 Å². The Hall–Kier alpha value is -10.3. The number of fused-ring (bicyclic) bond motifs is 26. The molecule has 12 aromatic carbocycles. The molecule has 0 saturated heterocycles. The van der Waals surface area contributed by atoms with Crippen LogP contribution in [-0.2, 0) is 53.5 Å². The molecule has 0 saturated carbocycles. The second kappa shape index (κ2) is 26.9. The zero-order valence-corrected chi connectivity index (χ0v) is 64.2. The third-order valence-corrected chi connectivity index (χ3v) is 22.8. The summed E-state index contributed by atoms with van der Waals surface area (Å²) in [5.41, 5.74) is 28.3. The third kappa shape index (κ3) is 10.6. The van der Waals surface area contributed by atoms with Crippen molar-refractivity contribution in [1.29, 1.82) is 0 Å². The molecule has 1 spiro atoms. The van der Waals surface area contributed by atoms with Crippen molar-refractivity contribution in [3.05, 3.63) is 372 Å². The van der Waals surface area contributed by atoms with Crippen molar-refractivity contribution in [3.63, 3.8) is 0 Å². The topological polar surface area (TPSA) is 35.2 Å². The van der Waals surface area contributed by atoms with E-state index in [1.165, 1.54) is 70.7 Å². The van der Waals surface area contributed by atoms with Crippen molar-refractivity contribution >= 4 is 45.5 Å². The maximum atomic E-state index is 8.50. The van der Waals surface area contributed by atoms with Gasteiger partial charge in [0.1, 0.15) is 11.3 Å².